The summed E-state index contributed by atoms with van der Waals surface area (Å²) in [6.07, 6.45) is 0. The zero-order valence-electron chi connectivity index (χ0n) is 10.8. The van der Waals surface area contributed by atoms with Crippen molar-refractivity contribution in [1.29, 1.82) is 15.8 Å². The third-order valence-corrected chi connectivity index (χ3v) is 2.40. The topological polar surface area (TPSA) is 100 Å². The highest BCUT2D eigenvalue weighted by molar-refractivity contribution is 6.02. The van der Waals surface area contributed by atoms with Gasteiger partial charge in [0, 0.05) is 11.3 Å². The predicted molar refractivity (Wildman–Crippen MR) is 73.6 cm³/mol. The molecule has 1 aromatic rings. The second kappa shape index (κ2) is 6.54. The van der Waals surface area contributed by atoms with Crippen LogP contribution in [0, 0.1) is 34.0 Å². The Morgan fingerprint density at radius 3 is 2.05 bits per heavy atom. The first-order valence-electron chi connectivity index (χ1n) is 5.55. The number of nitrogens with zero attached hydrogens (tertiary/aromatic N) is 3. The molecule has 0 radical (unpaired) electrons. The average molecular weight is 262 g/mol. The molecule has 0 spiro atoms. The van der Waals surface area contributed by atoms with Crippen molar-refractivity contribution in [3.63, 3.8) is 0 Å². The van der Waals surface area contributed by atoms with Gasteiger partial charge in [0.1, 0.15) is 23.8 Å². The predicted octanol–water partition coefficient (Wildman–Crippen LogP) is 2.53. The Balaban J connectivity index is 3.10. The summed E-state index contributed by atoms with van der Waals surface area (Å²) in [7, 11) is 0. The van der Waals surface area contributed by atoms with Crippen LogP contribution >= 0.6 is 0 Å². The van der Waals surface area contributed by atoms with Gasteiger partial charge in [-0.15, -0.1) is 0 Å². The molecule has 0 aliphatic rings. The molecule has 0 unspecified atom stereocenters. The molecular weight excluding hydrogens is 252 g/mol. The molecular formula is C15H10N4O. The van der Waals surface area contributed by atoms with Crippen LogP contribution in [0.5, 0.6) is 0 Å². The average Bonchev–Trinajstić information content (AvgIpc) is 2.45. The van der Waals surface area contributed by atoms with E-state index >= 15 is 0 Å². The van der Waals surface area contributed by atoms with Gasteiger partial charge in [0.2, 0.25) is 0 Å². The molecule has 0 aliphatic heterocycles. The third kappa shape index (κ3) is 3.32. The van der Waals surface area contributed by atoms with E-state index in [4.69, 9.17) is 15.8 Å². The monoisotopic (exact) mass is 262 g/mol. The van der Waals surface area contributed by atoms with E-state index in [2.05, 4.69) is 11.9 Å². The summed E-state index contributed by atoms with van der Waals surface area (Å²) in [5.74, 6) is -0.302. The number of amides is 1. The fourth-order valence-corrected chi connectivity index (χ4v) is 1.36. The number of nitrogens with one attached hydrogen (secondary N) is 1. The van der Waals surface area contributed by atoms with E-state index in [1.807, 2.05) is 6.07 Å². The largest absolute Gasteiger partial charge is 0.322 e. The second-order valence-corrected chi connectivity index (χ2v) is 3.90. The van der Waals surface area contributed by atoms with E-state index < -0.39 is 0 Å². The number of anilines is 1. The lowest BCUT2D eigenvalue weighted by Crippen LogP contribution is -2.11. The molecule has 0 saturated heterocycles. The van der Waals surface area contributed by atoms with Crippen molar-refractivity contribution in [2.75, 3.05) is 5.32 Å². The van der Waals surface area contributed by atoms with Gasteiger partial charge in [0.05, 0.1) is 5.57 Å². The Bertz CT molecular complexity index is 690. The van der Waals surface area contributed by atoms with Crippen molar-refractivity contribution in [2.24, 2.45) is 0 Å². The minimum absolute atomic E-state index is 0.00720. The molecule has 1 amide bonds. The van der Waals surface area contributed by atoms with Crippen LogP contribution < -0.4 is 5.32 Å². The molecule has 1 N–H and O–H groups in total. The smallest absolute Gasteiger partial charge is 0.250 e. The maximum absolute atomic E-state index is 11.4. The summed E-state index contributed by atoms with van der Waals surface area (Å²) in [5, 5.41) is 29.2. The number of rotatable bonds is 3. The highest BCUT2D eigenvalue weighted by atomic mass is 16.1. The number of hydrogen-bond acceptors (Lipinski definition) is 4. The van der Waals surface area contributed by atoms with E-state index in [0.717, 1.165) is 0 Å². The second-order valence-electron chi connectivity index (χ2n) is 3.90. The van der Waals surface area contributed by atoms with Crippen molar-refractivity contribution >= 4 is 17.2 Å². The van der Waals surface area contributed by atoms with Crippen LogP contribution in [0.25, 0.3) is 5.57 Å². The van der Waals surface area contributed by atoms with Gasteiger partial charge in [0.15, 0.2) is 0 Å². The lowest BCUT2D eigenvalue weighted by Gasteiger charge is -2.05. The summed E-state index contributed by atoms with van der Waals surface area (Å²) >= 11 is 0. The number of carbonyl (C=O) groups excluding carboxylic acids is 1. The Labute approximate surface area is 116 Å². The van der Waals surface area contributed by atoms with Crippen molar-refractivity contribution in [2.45, 2.75) is 6.92 Å². The van der Waals surface area contributed by atoms with Crippen molar-refractivity contribution in [3.05, 3.63) is 47.6 Å². The number of allylic oxidation sites excluding steroid dienone is 2. The third-order valence-electron chi connectivity index (χ3n) is 2.40. The van der Waals surface area contributed by atoms with Gasteiger partial charge in [-0.3, -0.25) is 4.79 Å². The highest BCUT2D eigenvalue weighted by Gasteiger charge is 2.09. The molecule has 0 aliphatic carbocycles. The zero-order chi connectivity index (χ0) is 15.1. The summed E-state index contributed by atoms with van der Waals surface area (Å²) in [5.41, 5.74) is 1.12. The van der Waals surface area contributed by atoms with Crippen LogP contribution in [0.15, 0.2) is 42.0 Å². The van der Waals surface area contributed by atoms with Gasteiger partial charge in [-0.1, -0.05) is 18.7 Å². The maximum Gasteiger partial charge on any atom is 0.250 e. The lowest BCUT2D eigenvalue weighted by molar-refractivity contribution is -0.112. The molecule has 1 aromatic carbocycles. The quantitative estimate of drug-likeness (QED) is 0.668. The lowest BCUT2D eigenvalue weighted by atomic mass is 10.0. The fourth-order valence-electron chi connectivity index (χ4n) is 1.36. The molecule has 0 atom stereocenters. The van der Waals surface area contributed by atoms with Crippen LogP contribution in [-0.4, -0.2) is 5.91 Å². The first-order valence-corrected chi connectivity index (χ1v) is 5.55. The molecule has 0 saturated carbocycles. The summed E-state index contributed by atoms with van der Waals surface area (Å²) in [6, 6.07) is 11.5. The molecule has 0 bridgehead atoms. The molecule has 96 valence electrons. The SMILES string of the molecule is C=C(C)C(=O)Nc1ccc(C(C#N)=C(C#N)C#N)cc1. The van der Waals surface area contributed by atoms with E-state index in [9.17, 15) is 4.79 Å². The van der Waals surface area contributed by atoms with E-state index in [-0.39, 0.29) is 17.1 Å². The minimum atomic E-state index is -0.302. The highest BCUT2D eigenvalue weighted by Crippen LogP contribution is 2.20. The number of carbonyl (C=O) groups is 1. The Morgan fingerprint density at radius 1 is 1.10 bits per heavy atom. The molecule has 0 fully saturated rings. The first kappa shape index (κ1) is 14.7. The van der Waals surface area contributed by atoms with Crippen molar-refractivity contribution in [3.8, 4) is 18.2 Å². The van der Waals surface area contributed by atoms with Crippen LogP contribution in [0.1, 0.15) is 12.5 Å². The summed E-state index contributed by atoms with van der Waals surface area (Å²) < 4.78 is 0. The number of nitriles is 3. The van der Waals surface area contributed by atoms with Gasteiger partial charge in [-0.05, 0) is 24.6 Å². The van der Waals surface area contributed by atoms with Crippen LogP contribution in [0.4, 0.5) is 5.69 Å². The molecule has 1 rings (SSSR count). The standard InChI is InChI=1S/C15H10N4O/c1-10(2)15(20)19-13-5-3-11(4-6-13)14(9-18)12(7-16)8-17/h3-6H,1H2,2H3,(H,19,20). The Kier molecular flexibility index (Phi) is 4.81. The summed E-state index contributed by atoms with van der Waals surface area (Å²) in [6.45, 7) is 5.11. The minimum Gasteiger partial charge on any atom is -0.322 e. The van der Waals surface area contributed by atoms with Crippen LogP contribution in [0.3, 0.4) is 0 Å². The van der Waals surface area contributed by atoms with E-state index in [1.165, 1.54) is 0 Å². The van der Waals surface area contributed by atoms with Gasteiger partial charge in [0.25, 0.3) is 5.91 Å². The molecule has 20 heavy (non-hydrogen) atoms. The Morgan fingerprint density at radius 2 is 1.65 bits per heavy atom. The van der Waals surface area contributed by atoms with Gasteiger partial charge in [-0.25, -0.2) is 0 Å². The molecule has 5 nitrogen and oxygen atoms in total. The van der Waals surface area contributed by atoms with Crippen molar-refractivity contribution < 1.29 is 4.79 Å². The van der Waals surface area contributed by atoms with Gasteiger partial charge >= 0.3 is 0 Å². The normalized spacial score (nSPS) is 8.50. The zero-order valence-corrected chi connectivity index (χ0v) is 10.8. The first-order chi connectivity index (χ1) is 9.53. The van der Waals surface area contributed by atoms with Crippen molar-refractivity contribution in [1.82, 2.24) is 0 Å². The molecule has 0 aromatic heterocycles. The van der Waals surface area contributed by atoms with Crippen LogP contribution in [0.2, 0.25) is 0 Å². The van der Waals surface area contributed by atoms with Gasteiger partial charge in [-0.2, -0.15) is 15.8 Å². The van der Waals surface area contributed by atoms with Crippen LogP contribution in [-0.2, 0) is 4.79 Å². The fraction of sp³-hybridized carbons (Fsp3) is 0.0667. The number of hydrogen-bond donors (Lipinski definition) is 1. The number of benzene rings is 1. The summed E-state index contributed by atoms with van der Waals surface area (Å²) in [4.78, 5) is 11.4. The van der Waals surface area contributed by atoms with E-state index in [1.54, 1.807) is 43.3 Å². The van der Waals surface area contributed by atoms with Gasteiger partial charge < -0.3 is 5.32 Å². The van der Waals surface area contributed by atoms with E-state index in [0.29, 0.717) is 16.8 Å². The Hall–Kier alpha value is -3.36. The molecule has 0 heterocycles. The molecule has 5 heteroatoms. The maximum atomic E-state index is 11.4.